The van der Waals surface area contributed by atoms with E-state index in [4.69, 9.17) is 14.7 Å². The Hall–Kier alpha value is -3.30. The van der Waals surface area contributed by atoms with Gasteiger partial charge in [-0.15, -0.1) is 11.3 Å². The number of aliphatic hydroxyl groups excluding tert-OH is 1. The van der Waals surface area contributed by atoms with Crippen molar-refractivity contribution in [1.29, 1.82) is 0 Å². The lowest BCUT2D eigenvalue weighted by Crippen LogP contribution is -2.37. The zero-order chi connectivity index (χ0) is 22.2. The van der Waals surface area contributed by atoms with E-state index < -0.39 is 5.97 Å². The van der Waals surface area contributed by atoms with E-state index in [0.717, 1.165) is 29.4 Å². The zero-order valence-electron chi connectivity index (χ0n) is 17.8. The summed E-state index contributed by atoms with van der Waals surface area (Å²) >= 11 is 1.30. The van der Waals surface area contributed by atoms with Crippen LogP contribution in [0.5, 0.6) is 0 Å². The predicted molar refractivity (Wildman–Crippen MR) is 124 cm³/mol. The molecule has 3 heterocycles. The maximum absolute atomic E-state index is 12.7. The second kappa shape index (κ2) is 8.33. The van der Waals surface area contributed by atoms with Gasteiger partial charge < -0.3 is 19.7 Å². The fourth-order valence-electron chi connectivity index (χ4n) is 4.10. The number of esters is 1. The molecule has 164 valence electrons. The summed E-state index contributed by atoms with van der Waals surface area (Å²) < 4.78 is 6.95. The van der Waals surface area contributed by atoms with Crippen molar-refractivity contribution in [1.82, 2.24) is 19.5 Å². The van der Waals surface area contributed by atoms with Gasteiger partial charge in [0.1, 0.15) is 15.5 Å². The molecule has 0 bridgehead atoms. The lowest BCUT2D eigenvalue weighted by molar-refractivity contribution is 0.0607. The van der Waals surface area contributed by atoms with Gasteiger partial charge in [-0.3, -0.25) is 0 Å². The van der Waals surface area contributed by atoms with Crippen LogP contribution in [-0.2, 0) is 11.8 Å². The molecule has 1 fully saturated rings. The van der Waals surface area contributed by atoms with Crippen molar-refractivity contribution in [2.24, 2.45) is 13.0 Å². The quantitative estimate of drug-likeness (QED) is 0.433. The van der Waals surface area contributed by atoms with Crippen molar-refractivity contribution >= 4 is 33.3 Å². The third-order valence-electron chi connectivity index (χ3n) is 5.84. The van der Waals surface area contributed by atoms with Crippen LogP contribution in [0.1, 0.15) is 22.5 Å². The van der Waals surface area contributed by atoms with Crippen LogP contribution in [0.4, 0.5) is 5.82 Å². The molecule has 0 spiro atoms. The van der Waals surface area contributed by atoms with Crippen molar-refractivity contribution < 1.29 is 14.6 Å². The van der Waals surface area contributed by atoms with Crippen LogP contribution in [0, 0.1) is 5.92 Å². The average Bonchev–Trinajstić information content (AvgIpc) is 3.39. The number of rotatable bonds is 6. The first-order chi connectivity index (χ1) is 15.6. The topological polar surface area (TPSA) is 102 Å². The van der Waals surface area contributed by atoms with Gasteiger partial charge in [-0.05, 0) is 24.3 Å². The van der Waals surface area contributed by atoms with E-state index in [1.807, 2.05) is 48.1 Å². The van der Waals surface area contributed by atoms with E-state index >= 15 is 0 Å². The maximum atomic E-state index is 12.7. The molecule has 32 heavy (non-hydrogen) atoms. The molecule has 0 saturated heterocycles. The molecule has 8 nitrogen and oxygen atoms in total. The van der Waals surface area contributed by atoms with Gasteiger partial charge in [0.2, 0.25) is 0 Å². The van der Waals surface area contributed by atoms with Crippen molar-refractivity contribution in [2.75, 3.05) is 19.0 Å². The van der Waals surface area contributed by atoms with Crippen molar-refractivity contribution in [3.05, 3.63) is 47.6 Å². The monoisotopic (exact) mass is 449 g/mol. The summed E-state index contributed by atoms with van der Waals surface area (Å²) in [5.74, 6) is 1.70. The molecule has 0 atom stereocenters. The first-order valence-corrected chi connectivity index (χ1v) is 11.2. The SMILES string of the molecule is COC(=O)c1sc2nc(-c3nccn3C)nc(NC3CC(CO)C3)c2c1-c1ccccc1. The normalized spacial score (nSPS) is 17.8. The minimum absolute atomic E-state index is 0.191. The molecule has 9 heteroatoms. The number of aryl methyl sites for hydroxylation is 1. The second-order valence-corrected chi connectivity index (χ2v) is 8.96. The van der Waals surface area contributed by atoms with Gasteiger partial charge in [0.05, 0.1) is 12.5 Å². The number of nitrogens with one attached hydrogen (secondary N) is 1. The van der Waals surface area contributed by atoms with Crippen molar-refractivity contribution in [2.45, 2.75) is 18.9 Å². The number of anilines is 1. The number of carbonyl (C=O) groups excluding carboxylic acids is 1. The van der Waals surface area contributed by atoms with E-state index in [0.29, 0.717) is 33.1 Å². The molecule has 1 saturated carbocycles. The largest absolute Gasteiger partial charge is 0.465 e. The highest BCUT2D eigenvalue weighted by molar-refractivity contribution is 7.21. The van der Waals surface area contributed by atoms with Gasteiger partial charge in [0.25, 0.3) is 0 Å². The van der Waals surface area contributed by atoms with E-state index in [1.165, 1.54) is 18.4 Å². The van der Waals surface area contributed by atoms with Gasteiger partial charge in [0.15, 0.2) is 11.6 Å². The molecule has 1 aromatic carbocycles. The summed E-state index contributed by atoms with van der Waals surface area (Å²) in [4.78, 5) is 27.9. The van der Waals surface area contributed by atoms with Crippen molar-refractivity contribution in [3.63, 3.8) is 0 Å². The average molecular weight is 450 g/mol. The van der Waals surface area contributed by atoms with E-state index in [-0.39, 0.29) is 12.6 Å². The van der Waals surface area contributed by atoms with Gasteiger partial charge in [-0.2, -0.15) is 0 Å². The van der Waals surface area contributed by atoms with Gasteiger partial charge in [-0.1, -0.05) is 30.3 Å². The number of aromatic nitrogens is 4. The van der Waals surface area contributed by atoms with E-state index in [9.17, 15) is 9.90 Å². The molecule has 4 aromatic rings. The number of nitrogens with zero attached hydrogens (tertiary/aromatic N) is 4. The summed E-state index contributed by atoms with van der Waals surface area (Å²) in [6.45, 7) is 0.191. The molecule has 2 N–H and O–H groups in total. The Morgan fingerprint density at radius 3 is 2.72 bits per heavy atom. The third-order valence-corrected chi connectivity index (χ3v) is 6.90. The number of aliphatic hydroxyl groups is 1. The Bertz CT molecular complexity index is 1280. The molecular formula is C23H23N5O3S. The van der Waals surface area contributed by atoms with Gasteiger partial charge in [0, 0.05) is 37.7 Å². The number of hydrogen-bond donors (Lipinski definition) is 2. The fraction of sp³-hybridized carbons (Fsp3) is 0.304. The first-order valence-electron chi connectivity index (χ1n) is 10.4. The molecule has 3 aromatic heterocycles. The highest BCUT2D eigenvalue weighted by Crippen LogP contribution is 2.43. The number of imidazole rings is 1. The van der Waals surface area contributed by atoms with Gasteiger partial charge in [-0.25, -0.2) is 19.7 Å². The Morgan fingerprint density at radius 1 is 1.28 bits per heavy atom. The zero-order valence-corrected chi connectivity index (χ0v) is 18.6. The summed E-state index contributed by atoms with van der Waals surface area (Å²) in [5, 5.41) is 13.8. The van der Waals surface area contributed by atoms with E-state index in [2.05, 4.69) is 10.3 Å². The summed E-state index contributed by atoms with van der Waals surface area (Å²) in [6, 6.07) is 9.95. The maximum Gasteiger partial charge on any atom is 0.348 e. The molecule has 0 unspecified atom stereocenters. The summed E-state index contributed by atoms with van der Waals surface area (Å²) in [7, 11) is 3.28. The van der Waals surface area contributed by atoms with Crippen LogP contribution in [0.15, 0.2) is 42.7 Å². The van der Waals surface area contributed by atoms with Crippen LogP contribution in [-0.4, -0.2) is 50.4 Å². The Morgan fingerprint density at radius 2 is 2.06 bits per heavy atom. The summed E-state index contributed by atoms with van der Waals surface area (Å²) in [6.07, 6.45) is 5.29. The highest BCUT2D eigenvalue weighted by atomic mass is 32.1. The Kier molecular flexibility index (Phi) is 5.36. The fourth-order valence-corrected chi connectivity index (χ4v) is 5.21. The number of benzene rings is 1. The first kappa shape index (κ1) is 20.6. The summed E-state index contributed by atoms with van der Waals surface area (Å²) in [5.41, 5.74) is 1.67. The van der Waals surface area contributed by atoms with Gasteiger partial charge >= 0.3 is 5.97 Å². The number of fused-ring (bicyclic) bond motifs is 1. The molecule has 1 aliphatic rings. The molecule has 0 radical (unpaired) electrons. The van der Waals surface area contributed by atoms with Crippen LogP contribution in [0.2, 0.25) is 0 Å². The molecule has 0 amide bonds. The Balaban J connectivity index is 1.73. The molecule has 0 aliphatic heterocycles. The smallest absolute Gasteiger partial charge is 0.348 e. The minimum Gasteiger partial charge on any atom is -0.465 e. The lowest BCUT2D eigenvalue weighted by Gasteiger charge is -2.35. The van der Waals surface area contributed by atoms with Crippen LogP contribution >= 0.6 is 11.3 Å². The Labute approximate surface area is 188 Å². The highest BCUT2D eigenvalue weighted by Gasteiger charge is 2.31. The number of methoxy groups -OCH3 is 1. The third kappa shape index (κ3) is 3.53. The number of carbonyl (C=O) groups is 1. The number of ether oxygens (including phenoxy) is 1. The standard InChI is InChI=1S/C23H23N5O3S/c1-28-9-8-24-21(28)20-26-19(25-15-10-13(11-15)12-29)17-16(14-6-4-3-5-7-14)18(23(30)31-2)32-22(17)27-20/h3-9,13,15,29H,10-12H2,1-2H3,(H,25,26,27). The lowest BCUT2D eigenvalue weighted by atomic mass is 9.81. The minimum atomic E-state index is -0.402. The predicted octanol–water partition coefficient (Wildman–Crippen LogP) is 3.73. The van der Waals surface area contributed by atoms with Crippen LogP contribution in [0.3, 0.4) is 0 Å². The van der Waals surface area contributed by atoms with Crippen LogP contribution < -0.4 is 5.32 Å². The number of thiophene rings is 1. The van der Waals surface area contributed by atoms with Crippen molar-refractivity contribution in [3.8, 4) is 22.8 Å². The second-order valence-electron chi connectivity index (χ2n) is 7.96. The van der Waals surface area contributed by atoms with E-state index in [1.54, 1.807) is 6.20 Å². The van der Waals surface area contributed by atoms with Crippen LogP contribution in [0.25, 0.3) is 33.0 Å². The number of hydrogen-bond acceptors (Lipinski definition) is 8. The molecular weight excluding hydrogens is 426 g/mol. The molecule has 5 rings (SSSR count). The molecule has 1 aliphatic carbocycles.